The fraction of sp³-hybridized carbons (Fsp3) is 0.462. The predicted molar refractivity (Wildman–Crippen MR) is 62.4 cm³/mol. The van der Waals surface area contributed by atoms with Crippen LogP contribution < -0.4 is 5.32 Å². The quantitative estimate of drug-likeness (QED) is 0.848. The highest BCUT2D eigenvalue weighted by molar-refractivity contribution is 5.96. The molecule has 0 bridgehead atoms. The summed E-state index contributed by atoms with van der Waals surface area (Å²) in [5.74, 6) is -0.590. The lowest BCUT2D eigenvalue weighted by Crippen LogP contribution is -2.28. The molecule has 2 N–H and O–H groups in total. The number of phenolic OH excluding ortho intramolecular Hbond substituents is 1. The molecule has 1 aliphatic carbocycles. The minimum Gasteiger partial charge on any atom is -0.507 e. The van der Waals surface area contributed by atoms with Crippen molar-refractivity contribution < 1.29 is 14.3 Å². The maximum absolute atomic E-state index is 13.0. The zero-order valence-corrected chi connectivity index (χ0v) is 9.58. The maximum Gasteiger partial charge on any atom is 0.255 e. The Morgan fingerprint density at radius 1 is 1.41 bits per heavy atom. The Kier molecular flexibility index (Phi) is 3.61. The van der Waals surface area contributed by atoms with Gasteiger partial charge in [0.1, 0.15) is 11.6 Å². The van der Waals surface area contributed by atoms with Crippen molar-refractivity contribution in [2.45, 2.75) is 25.7 Å². The summed E-state index contributed by atoms with van der Waals surface area (Å²) in [6.45, 7) is 0.606. The van der Waals surface area contributed by atoms with Gasteiger partial charge in [-0.15, -0.1) is 0 Å². The van der Waals surface area contributed by atoms with Crippen molar-refractivity contribution in [2.75, 3.05) is 6.54 Å². The third-order valence-corrected chi connectivity index (χ3v) is 3.23. The molecule has 92 valence electrons. The SMILES string of the molecule is O=C(NCC1CCCC1)c1cc(F)ccc1O. The molecule has 0 unspecified atom stereocenters. The van der Waals surface area contributed by atoms with E-state index in [1.54, 1.807) is 0 Å². The number of carbonyl (C=O) groups is 1. The molecule has 3 nitrogen and oxygen atoms in total. The van der Waals surface area contributed by atoms with E-state index in [2.05, 4.69) is 5.32 Å². The van der Waals surface area contributed by atoms with Gasteiger partial charge in [-0.2, -0.15) is 0 Å². The first kappa shape index (κ1) is 11.9. The van der Waals surface area contributed by atoms with Crippen LogP contribution >= 0.6 is 0 Å². The van der Waals surface area contributed by atoms with Crippen LogP contribution in [0.25, 0.3) is 0 Å². The lowest BCUT2D eigenvalue weighted by molar-refractivity contribution is 0.0944. The summed E-state index contributed by atoms with van der Waals surface area (Å²) in [6.07, 6.45) is 4.70. The Morgan fingerprint density at radius 3 is 2.82 bits per heavy atom. The summed E-state index contributed by atoms with van der Waals surface area (Å²) >= 11 is 0. The number of nitrogens with one attached hydrogen (secondary N) is 1. The number of hydrogen-bond donors (Lipinski definition) is 2. The van der Waals surface area contributed by atoms with Gasteiger partial charge in [-0.25, -0.2) is 4.39 Å². The molecule has 0 radical (unpaired) electrons. The van der Waals surface area contributed by atoms with E-state index in [-0.39, 0.29) is 11.3 Å². The van der Waals surface area contributed by atoms with Crippen LogP contribution in [0, 0.1) is 11.7 Å². The zero-order chi connectivity index (χ0) is 12.3. The molecular weight excluding hydrogens is 221 g/mol. The zero-order valence-electron chi connectivity index (χ0n) is 9.58. The van der Waals surface area contributed by atoms with Crippen molar-refractivity contribution in [3.63, 3.8) is 0 Å². The maximum atomic E-state index is 13.0. The number of halogens is 1. The number of rotatable bonds is 3. The second-order valence-corrected chi connectivity index (χ2v) is 4.52. The van der Waals surface area contributed by atoms with E-state index in [9.17, 15) is 14.3 Å². The van der Waals surface area contributed by atoms with Crippen LogP contribution in [0.2, 0.25) is 0 Å². The molecule has 1 amide bonds. The van der Waals surface area contributed by atoms with Crippen LogP contribution in [0.3, 0.4) is 0 Å². The van der Waals surface area contributed by atoms with Crippen LogP contribution in [-0.2, 0) is 0 Å². The molecular formula is C13H16FNO2. The number of amides is 1. The Balaban J connectivity index is 1.96. The fourth-order valence-electron chi connectivity index (χ4n) is 2.24. The highest BCUT2D eigenvalue weighted by atomic mass is 19.1. The van der Waals surface area contributed by atoms with E-state index in [4.69, 9.17) is 0 Å². The Hall–Kier alpha value is -1.58. The normalized spacial score (nSPS) is 16.1. The molecule has 0 aromatic heterocycles. The smallest absolute Gasteiger partial charge is 0.255 e. The molecule has 1 aliphatic rings. The number of aromatic hydroxyl groups is 1. The van der Waals surface area contributed by atoms with Crippen molar-refractivity contribution in [2.24, 2.45) is 5.92 Å². The lowest BCUT2D eigenvalue weighted by Gasteiger charge is -2.11. The molecule has 0 aliphatic heterocycles. The van der Waals surface area contributed by atoms with Crippen molar-refractivity contribution in [1.29, 1.82) is 0 Å². The predicted octanol–water partition coefficient (Wildman–Crippen LogP) is 2.45. The first-order valence-electron chi connectivity index (χ1n) is 5.93. The monoisotopic (exact) mass is 237 g/mol. The van der Waals surface area contributed by atoms with Crippen LogP contribution in [0.5, 0.6) is 5.75 Å². The standard InChI is InChI=1S/C13H16FNO2/c14-10-5-6-12(16)11(7-10)13(17)15-8-9-3-1-2-4-9/h5-7,9,16H,1-4,8H2,(H,15,17). The highest BCUT2D eigenvalue weighted by Crippen LogP contribution is 2.24. The first-order chi connectivity index (χ1) is 8.16. The van der Waals surface area contributed by atoms with E-state index in [0.29, 0.717) is 12.5 Å². The molecule has 1 fully saturated rings. The molecule has 0 saturated heterocycles. The van der Waals surface area contributed by atoms with Gasteiger partial charge in [-0.3, -0.25) is 4.79 Å². The molecule has 17 heavy (non-hydrogen) atoms. The van der Waals surface area contributed by atoms with Gasteiger partial charge in [-0.05, 0) is 37.0 Å². The van der Waals surface area contributed by atoms with Crippen LogP contribution in [0.1, 0.15) is 36.0 Å². The molecule has 1 aromatic carbocycles. The summed E-state index contributed by atoms with van der Waals surface area (Å²) in [7, 11) is 0. The van der Waals surface area contributed by atoms with Crippen LogP contribution in [0.4, 0.5) is 4.39 Å². The average molecular weight is 237 g/mol. The Bertz CT molecular complexity index is 414. The second-order valence-electron chi connectivity index (χ2n) is 4.52. The lowest BCUT2D eigenvalue weighted by atomic mass is 10.1. The van der Waals surface area contributed by atoms with E-state index < -0.39 is 11.7 Å². The molecule has 0 spiro atoms. The third kappa shape index (κ3) is 2.96. The largest absolute Gasteiger partial charge is 0.507 e. The minimum absolute atomic E-state index is 0.00277. The molecule has 4 heteroatoms. The average Bonchev–Trinajstić information content (AvgIpc) is 2.82. The van der Waals surface area contributed by atoms with Crippen LogP contribution in [0.15, 0.2) is 18.2 Å². The minimum atomic E-state index is -0.520. The Morgan fingerprint density at radius 2 is 2.12 bits per heavy atom. The summed E-state index contributed by atoms with van der Waals surface area (Å²) in [5.41, 5.74) is 0.00277. The fourth-order valence-corrected chi connectivity index (χ4v) is 2.24. The van der Waals surface area contributed by atoms with E-state index in [0.717, 1.165) is 25.0 Å². The van der Waals surface area contributed by atoms with Crippen molar-refractivity contribution in [1.82, 2.24) is 5.32 Å². The van der Waals surface area contributed by atoms with Gasteiger partial charge in [0.15, 0.2) is 0 Å². The summed E-state index contributed by atoms with van der Waals surface area (Å²) in [4.78, 5) is 11.7. The molecule has 1 aromatic rings. The number of phenols is 1. The van der Waals surface area contributed by atoms with Gasteiger partial charge in [0, 0.05) is 6.54 Å². The number of benzene rings is 1. The van der Waals surface area contributed by atoms with Gasteiger partial charge < -0.3 is 10.4 Å². The van der Waals surface area contributed by atoms with Crippen molar-refractivity contribution >= 4 is 5.91 Å². The summed E-state index contributed by atoms with van der Waals surface area (Å²) in [5, 5.41) is 12.2. The Labute approximate surface area is 99.7 Å². The molecule has 0 heterocycles. The van der Waals surface area contributed by atoms with E-state index >= 15 is 0 Å². The highest BCUT2D eigenvalue weighted by Gasteiger charge is 2.17. The third-order valence-electron chi connectivity index (χ3n) is 3.23. The molecule has 2 rings (SSSR count). The van der Waals surface area contributed by atoms with Gasteiger partial charge in [0.25, 0.3) is 5.91 Å². The topological polar surface area (TPSA) is 49.3 Å². The molecule has 1 saturated carbocycles. The van der Waals surface area contributed by atoms with E-state index in [1.165, 1.54) is 18.9 Å². The molecule has 0 atom stereocenters. The van der Waals surface area contributed by atoms with Gasteiger partial charge in [0.2, 0.25) is 0 Å². The first-order valence-corrected chi connectivity index (χ1v) is 5.93. The number of carbonyl (C=O) groups excluding carboxylic acids is 1. The second kappa shape index (κ2) is 5.17. The summed E-state index contributed by atoms with van der Waals surface area (Å²) in [6, 6.07) is 3.38. The number of hydrogen-bond acceptors (Lipinski definition) is 2. The summed E-state index contributed by atoms with van der Waals surface area (Å²) < 4.78 is 13.0. The van der Waals surface area contributed by atoms with Gasteiger partial charge in [0.05, 0.1) is 5.56 Å². The van der Waals surface area contributed by atoms with Crippen LogP contribution in [-0.4, -0.2) is 17.6 Å². The van der Waals surface area contributed by atoms with Gasteiger partial charge >= 0.3 is 0 Å². The van der Waals surface area contributed by atoms with E-state index in [1.807, 2.05) is 0 Å². The van der Waals surface area contributed by atoms with Crippen molar-refractivity contribution in [3.8, 4) is 5.75 Å². The van der Waals surface area contributed by atoms with Gasteiger partial charge in [-0.1, -0.05) is 12.8 Å². The van der Waals surface area contributed by atoms with Crippen molar-refractivity contribution in [3.05, 3.63) is 29.6 Å².